The van der Waals surface area contributed by atoms with Gasteiger partial charge >= 0.3 is 0 Å². The Morgan fingerprint density at radius 2 is 1.75 bits per heavy atom. The van der Waals surface area contributed by atoms with Crippen LogP contribution in [0.25, 0.3) is 0 Å². The highest BCUT2D eigenvalue weighted by Gasteiger charge is 2.40. The monoisotopic (exact) mass is 458 g/mol. The average molecular weight is 459 g/mol. The lowest BCUT2D eigenvalue weighted by Crippen LogP contribution is -2.51. The Morgan fingerprint density at radius 3 is 2.31 bits per heavy atom. The average Bonchev–Trinajstić information content (AvgIpc) is 2.78. The summed E-state index contributed by atoms with van der Waals surface area (Å²) in [5.74, 6) is 0.438. The van der Waals surface area contributed by atoms with Gasteiger partial charge in [-0.05, 0) is 49.9 Å². The Morgan fingerprint density at radius 1 is 1.12 bits per heavy atom. The zero-order chi connectivity index (χ0) is 23.5. The molecule has 32 heavy (non-hydrogen) atoms. The van der Waals surface area contributed by atoms with Crippen molar-refractivity contribution >= 4 is 21.6 Å². The highest BCUT2D eigenvalue weighted by Crippen LogP contribution is 2.42. The van der Waals surface area contributed by atoms with E-state index < -0.39 is 16.1 Å². The van der Waals surface area contributed by atoms with Crippen molar-refractivity contribution in [1.82, 2.24) is 5.32 Å². The number of ether oxygens (including phenoxy) is 1. The predicted octanol–water partition coefficient (Wildman–Crippen LogP) is 4.60. The summed E-state index contributed by atoms with van der Waals surface area (Å²) in [5, 5.41) is 3.12. The summed E-state index contributed by atoms with van der Waals surface area (Å²) >= 11 is 0. The normalized spacial score (nSPS) is 18.2. The molecule has 1 heterocycles. The van der Waals surface area contributed by atoms with E-state index in [-0.39, 0.29) is 17.6 Å². The number of carbonyl (C=O) groups excluding carboxylic acids is 1. The number of amides is 1. The first-order valence-electron chi connectivity index (χ1n) is 11.3. The second-order valence-electron chi connectivity index (χ2n) is 8.55. The van der Waals surface area contributed by atoms with Gasteiger partial charge in [0, 0.05) is 12.0 Å². The van der Waals surface area contributed by atoms with Crippen LogP contribution in [0.1, 0.15) is 64.1 Å². The molecule has 0 spiro atoms. The number of hydrogen-bond donors (Lipinski definition) is 1. The third-order valence-electron chi connectivity index (χ3n) is 6.49. The van der Waals surface area contributed by atoms with Gasteiger partial charge in [-0.3, -0.25) is 9.10 Å². The van der Waals surface area contributed by atoms with E-state index in [0.717, 1.165) is 42.4 Å². The number of fused-ring (bicyclic) bond motifs is 1. The van der Waals surface area contributed by atoms with Crippen LogP contribution in [0, 0.1) is 0 Å². The summed E-state index contributed by atoms with van der Waals surface area (Å²) in [6.07, 6.45) is 4.26. The van der Waals surface area contributed by atoms with Gasteiger partial charge < -0.3 is 10.1 Å². The Labute approximate surface area is 192 Å². The lowest BCUT2D eigenvalue weighted by atomic mass is 9.83. The molecule has 0 unspecified atom stereocenters. The number of rotatable bonds is 8. The van der Waals surface area contributed by atoms with Crippen LogP contribution in [0.2, 0.25) is 0 Å². The van der Waals surface area contributed by atoms with Gasteiger partial charge in [-0.1, -0.05) is 51.1 Å². The maximum Gasteiger partial charge on any atom is 0.244 e. The molecule has 3 rings (SSSR count). The molecule has 2 atom stereocenters. The molecule has 7 heteroatoms. The third-order valence-corrected chi connectivity index (χ3v) is 7.73. The van der Waals surface area contributed by atoms with E-state index in [1.807, 2.05) is 43.3 Å². The molecule has 0 radical (unpaired) electrons. The number of para-hydroxylation sites is 1. The minimum atomic E-state index is -3.67. The summed E-state index contributed by atoms with van der Waals surface area (Å²) in [4.78, 5) is 13.3. The van der Waals surface area contributed by atoms with Crippen LogP contribution in [0.5, 0.6) is 5.75 Å². The van der Waals surface area contributed by atoms with Crippen molar-refractivity contribution in [2.24, 2.45) is 0 Å². The molecule has 1 N–H and O–H groups in total. The fraction of sp³-hybridized carbons (Fsp3) is 0.480. The molecule has 1 aliphatic heterocycles. The summed E-state index contributed by atoms with van der Waals surface area (Å²) in [6.45, 7) is 7.84. The second-order valence-corrected chi connectivity index (χ2v) is 10.4. The van der Waals surface area contributed by atoms with E-state index >= 15 is 0 Å². The summed E-state index contributed by atoms with van der Waals surface area (Å²) in [7, 11) is -3.67. The van der Waals surface area contributed by atoms with Crippen molar-refractivity contribution in [2.75, 3.05) is 10.6 Å². The number of anilines is 1. The van der Waals surface area contributed by atoms with Crippen molar-refractivity contribution in [2.45, 2.75) is 71.1 Å². The van der Waals surface area contributed by atoms with E-state index in [1.54, 1.807) is 19.1 Å². The summed E-state index contributed by atoms with van der Waals surface area (Å²) in [6, 6.07) is 13.9. The van der Waals surface area contributed by atoms with Gasteiger partial charge in [-0.15, -0.1) is 0 Å². The number of hydrogen-bond acceptors (Lipinski definition) is 4. The molecule has 174 valence electrons. The standard InChI is InChI=1S/C25H34N2O4S/c1-6-19-13-15-20(16-14-19)27(32(5,29)30)18(4)24(28)26-22-17-25(7-2,8-3)31-23-12-10-9-11-21(22)23/h9-16,18,22H,6-8,17H2,1-5H3,(H,26,28)/t18-,22+/m1/s1. The molecule has 6 nitrogen and oxygen atoms in total. The lowest BCUT2D eigenvalue weighted by Gasteiger charge is -2.42. The van der Waals surface area contributed by atoms with Gasteiger partial charge in [0.05, 0.1) is 18.0 Å². The number of sulfonamides is 1. The van der Waals surface area contributed by atoms with Crippen LogP contribution >= 0.6 is 0 Å². The Hall–Kier alpha value is -2.54. The predicted molar refractivity (Wildman–Crippen MR) is 128 cm³/mol. The van der Waals surface area contributed by atoms with E-state index in [1.165, 1.54) is 4.31 Å². The van der Waals surface area contributed by atoms with Crippen LogP contribution in [0.3, 0.4) is 0 Å². The number of carbonyl (C=O) groups is 1. The van der Waals surface area contributed by atoms with E-state index in [0.29, 0.717) is 12.1 Å². The van der Waals surface area contributed by atoms with Crippen LogP contribution in [-0.4, -0.2) is 32.2 Å². The van der Waals surface area contributed by atoms with Crippen LogP contribution in [0.4, 0.5) is 5.69 Å². The van der Waals surface area contributed by atoms with Gasteiger partial charge in [-0.25, -0.2) is 8.42 Å². The van der Waals surface area contributed by atoms with E-state index in [9.17, 15) is 13.2 Å². The van der Waals surface area contributed by atoms with Crippen LogP contribution < -0.4 is 14.4 Å². The zero-order valence-corrected chi connectivity index (χ0v) is 20.4. The number of nitrogens with zero attached hydrogens (tertiary/aromatic N) is 1. The molecule has 0 aliphatic carbocycles. The Balaban J connectivity index is 1.90. The second kappa shape index (κ2) is 9.53. The summed E-state index contributed by atoms with van der Waals surface area (Å²) in [5.41, 5.74) is 2.15. The van der Waals surface area contributed by atoms with Crippen molar-refractivity contribution in [1.29, 1.82) is 0 Å². The molecular weight excluding hydrogens is 424 g/mol. The maximum absolute atomic E-state index is 13.3. The minimum absolute atomic E-state index is 0.251. The molecule has 0 saturated carbocycles. The smallest absolute Gasteiger partial charge is 0.244 e. The Kier molecular flexibility index (Phi) is 7.18. The van der Waals surface area contributed by atoms with Crippen molar-refractivity contribution in [3.63, 3.8) is 0 Å². The highest BCUT2D eigenvalue weighted by molar-refractivity contribution is 7.92. The number of nitrogens with one attached hydrogen (secondary N) is 1. The van der Waals surface area contributed by atoms with Gasteiger partial charge in [0.2, 0.25) is 15.9 Å². The largest absolute Gasteiger partial charge is 0.487 e. The minimum Gasteiger partial charge on any atom is -0.487 e. The van der Waals surface area contributed by atoms with Gasteiger partial charge in [0.1, 0.15) is 17.4 Å². The SMILES string of the molecule is CCc1ccc(N([C@H](C)C(=O)N[C@H]2CC(CC)(CC)Oc3ccccc32)S(C)(=O)=O)cc1. The number of benzene rings is 2. The van der Waals surface area contributed by atoms with Crippen molar-refractivity contribution in [3.05, 3.63) is 59.7 Å². The molecule has 0 saturated heterocycles. The number of aryl methyl sites for hydroxylation is 1. The van der Waals surface area contributed by atoms with Gasteiger partial charge in [-0.2, -0.15) is 0 Å². The van der Waals surface area contributed by atoms with Gasteiger partial charge in [0.25, 0.3) is 0 Å². The summed E-state index contributed by atoms with van der Waals surface area (Å²) < 4.78 is 32.8. The fourth-order valence-corrected chi connectivity index (χ4v) is 5.58. The lowest BCUT2D eigenvalue weighted by molar-refractivity contribution is -0.123. The topological polar surface area (TPSA) is 75.7 Å². The third kappa shape index (κ3) is 4.93. The fourth-order valence-electron chi connectivity index (χ4n) is 4.41. The van der Waals surface area contributed by atoms with Gasteiger partial charge in [0.15, 0.2) is 0 Å². The van der Waals surface area contributed by atoms with Crippen LogP contribution in [-0.2, 0) is 21.2 Å². The first kappa shape index (κ1) is 24.1. The zero-order valence-electron chi connectivity index (χ0n) is 19.6. The Bertz CT molecular complexity index is 1050. The van der Waals surface area contributed by atoms with Crippen LogP contribution in [0.15, 0.2) is 48.5 Å². The van der Waals surface area contributed by atoms with E-state index in [4.69, 9.17) is 4.74 Å². The quantitative estimate of drug-likeness (QED) is 0.627. The maximum atomic E-state index is 13.3. The molecule has 2 aromatic rings. The molecule has 1 amide bonds. The molecule has 2 aromatic carbocycles. The molecule has 1 aliphatic rings. The molecular formula is C25H34N2O4S. The van der Waals surface area contributed by atoms with Crippen molar-refractivity contribution in [3.8, 4) is 5.75 Å². The molecule has 0 bridgehead atoms. The van der Waals surface area contributed by atoms with Crippen molar-refractivity contribution < 1.29 is 17.9 Å². The molecule has 0 aromatic heterocycles. The first-order chi connectivity index (χ1) is 15.1. The highest BCUT2D eigenvalue weighted by atomic mass is 32.2. The van der Waals surface area contributed by atoms with E-state index in [2.05, 4.69) is 19.2 Å². The first-order valence-corrected chi connectivity index (χ1v) is 13.2. The molecule has 0 fully saturated rings.